The van der Waals surface area contributed by atoms with Crippen LogP contribution in [-0.2, 0) is 11.3 Å². The summed E-state index contributed by atoms with van der Waals surface area (Å²) in [5, 5.41) is 0. The highest BCUT2D eigenvalue weighted by Gasteiger charge is 2.36. The van der Waals surface area contributed by atoms with E-state index in [9.17, 15) is 23.2 Å². The fraction of sp³-hybridized carbons (Fsp3) is 0.158. The van der Waals surface area contributed by atoms with Gasteiger partial charge in [0.05, 0.1) is 21.3 Å². The van der Waals surface area contributed by atoms with Gasteiger partial charge in [0, 0.05) is 12.6 Å². The summed E-state index contributed by atoms with van der Waals surface area (Å²) in [4.78, 5) is 42.1. The molecule has 0 aliphatic carbocycles. The van der Waals surface area contributed by atoms with Crippen molar-refractivity contribution in [3.05, 3.63) is 64.0 Å². The maximum Gasteiger partial charge on any atom is 0.268 e. The molecule has 1 aromatic heterocycles. The molecule has 2 heterocycles. The fourth-order valence-electron chi connectivity index (χ4n) is 3.17. The van der Waals surface area contributed by atoms with Crippen molar-refractivity contribution in [3.63, 3.8) is 0 Å². The van der Waals surface area contributed by atoms with Crippen LogP contribution in [0.2, 0.25) is 0 Å². The zero-order valence-corrected chi connectivity index (χ0v) is 15.4. The van der Waals surface area contributed by atoms with Crippen molar-refractivity contribution in [1.82, 2.24) is 9.47 Å². The summed E-state index contributed by atoms with van der Waals surface area (Å²) >= 11 is 0.959. The number of hydrogen-bond donors (Lipinski definition) is 0. The van der Waals surface area contributed by atoms with Gasteiger partial charge in [0.25, 0.3) is 17.7 Å². The maximum absolute atomic E-state index is 14.1. The van der Waals surface area contributed by atoms with E-state index in [-0.39, 0.29) is 21.4 Å². The van der Waals surface area contributed by atoms with E-state index in [0.717, 1.165) is 22.3 Å². The zero-order valence-electron chi connectivity index (χ0n) is 14.6. The summed E-state index contributed by atoms with van der Waals surface area (Å²) in [6.45, 7) is 1.52. The lowest BCUT2D eigenvalue weighted by molar-refractivity contribution is -0.118. The number of halogens is 2. The molecular formula is C19H13F2N3O3S. The Morgan fingerprint density at radius 3 is 2.36 bits per heavy atom. The molecule has 0 atom stereocenters. The molecular weight excluding hydrogens is 388 g/mol. The summed E-state index contributed by atoms with van der Waals surface area (Å²) in [7, 11) is 0. The minimum atomic E-state index is -0.748. The molecule has 0 fully saturated rings. The van der Waals surface area contributed by atoms with Gasteiger partial charge in [0.15, 0.2) is 10.6 Å². The Hall–Kier alpha value is -3.20. The van der Waals surface area contributed by atoms with Crippen LogP contribution in [-0.4, -0.2) is 33.7 Å². The van der Waals surface area contributed by atoms with Crippen LogP contribution in [0.1, 0.15) is 27.6 Å². The Bertz CT molecular complexity index is 1190. The number of thiazole rings is 1. The van der Waals surface area contributed by atoms with E-state index >= 15 is 0 Å². The highest BCUT2D eigenvalue weighted by atomic mass is 32.1. The SMILES string of the molecule is CCn1c(=NC(=O)CN2C(=O)c3ccccc3C2=O)sc2cc(F)cc(F)c21. The number of hydrogen-bond acceptors (Lipinski definition) is 4. The number of carbonyl (C=O) groups excluding carboxylic acids is 3. The highest BCUT2D eigenvalue weighted by molar-refractivity contribution is 7.16. The van der Waals surface area contributed by atoms with Crippen LogP contribution in [0.15, 0.2) is 41.4 Å². The molecule has 0 N–H and O–H groups in total. The van der Waals surface area contributed by atoms with Gasteiger partial charge in [-0.3, -0.25) is 19.3 Å². The van der Waals surface area contributed by atoms with E-state index in [0.29, 0.717) is 11.2 Å². The summed E-state index contributed by atoms with van der Waals surface area (Å²) in [5.74, 6) is -3.32. The van der Waals surface area contributed by atoms with E-state index in [4.69, 9.17) is 0 Å². The van der Waals surface area contributed by atoms with Gasteiger partial charge in [-0.15, -0.1) is 0 Å². The van der Waals surface area contributed by atoms with E-state index in [1.807, 2.05) is 0 Å². The van der Waals surface area contributed by atoms with Gasteiger partial charge in [0.2, 0.25) is 0 Å². The normalized spacial score (nSPS) is 14.2. The molecule has 0 unspecified atom stereocenters. The molecule has 0 spiro atoms. The van der Waals surface area contributed by atoms with Crippen LogP contribution >= 0.6 is 11.3 Å². The third kappa shape index (κ3) is 2.84. The summed E-state index contributed by atoms with van der Waals surface area (Å²) in [6.07, 6.45) is 0. The van der Waals surface area contributed by atoms with Gasteiger partial charge < -0.3 is 4.57 Å². The van der Waals surface area contributed by atoms with Gasteiger partial charge in [-0.2, -0.15) is 4.99 Å². The van der Waals surface area contributed by atoms with Crippen molar-refractivity contribution in [1.29, 1.82) is 0 Å². The van der Waals surface area contributed by atoms with E-state index < -0.39 is 35.9 Å². The first-order chi connectivity index (χ1) is 13.4. The van der Waals surface area contributed by atoms with Crippen LogP contribution < -0.4 is 4.80 Å². The first-order valence-corrected chi connectivity index (χ1v) is 9.23. The number of aromatic nitrogens is 1. The van der Waals surface area contributed by atoms with Crippen molar-refractivity contribution in [2.75, 3.05) is 6.54 Å². The first kappa shape index (κ1) is 18.2. The van der Waals surface area contributed by atoms with Gasteiger partial charge in [-0.05, 0) is 25.1 Å². The summed E-state index contributed by atoms with van der Waals surface area (Å²) in [5.41, 5.74) is 0.632. The molecule has 1 aliphatic heterocycles. The second-order valence-corrected chi connectivity index (χ2v) is 7.12. The number of carbonyl (C=O) groups is 3. The smallest absolute Gasteiger partial charge is 0.268 e. The quantitative estimate of drug-likeness (QED) is 0.634. The number of benzene rings is 2. The van der Waals surface area contributed by atoms with Crippen molar-refractivity contribution < 1.29 is 23.2 Å². The molecule has 142 valence electrons. The molecule has 1 aliphatic rings. The van der Waals surface area contributed by atoms with Gasteiger partial charge in [-0.1, -0.05) is 23.5 Å². The van der Waals surface area contributed by atoms with E-state index in [2.05, 4.69) is 4.99 Å². The molecule has 4 rings (SSSR count). The Labute approximate surface area is 161 Å². The third-order valence-corrected chi connectivity index (χ3v) is 5.43. The third-order valence-electron chi connectivity index (χ3n) is 4.40. The molecule has 0 saturated heterocycles. The number of aryl methyl sites for hydroxylation is 1. The molecule has 6 nitrogen and oxygen atoms in total. The maximum atomic E-state index is 14.1. The number of imide groups is 1. The molecule has 2 aromatic carbocycles. The van der Waals surface area contributed by atoms with Crippen molar-refractivity contribution >= 4 is 39.3 Å². The standard InChI is InChI=1S/C19H13F2N3O3S/c1-2-23-16-13(21)7-10(20)8-14(16)28-19(23)22-15(25)9-24-17(26)11-5-3-4-6-12(11)18(24)27/h3-8H,2,9H2,1H3. The summed E-state index contributed by atoms with van der Waals surface area (Å²) in [6, 6.07) is 8.25. The lowest BCUT2D eigenvalue weighted by Crippen LogP contribution is -2.35. The average molecular weight is 401 g/mol. The van der Waals surface area contributed by atoms with E-state index in [1.165, 1.54) is 22.8 Å². The molecule has 0 bridgehead atoms. The number of amides is 3. The summed E-state index contributed by atoms with van der Waals surface area (Å²) < 4.78 is 29.4. The second-order valence-electron chi connectivity index (χ2n) is 6.11. The van der Waals surface area contributed by atoms with E-state index in [1.54, 1.807) is 19.1 Å². The molecule has 9 heteroatoms. The Morgan fingerprint density at radius 2 is 1.75 bits per heavy atom. The van der Waals surface area contributed by atoms with Gasteiger partial charge in [0.1, 0.15) is 12.4 Å². The fourth-order valence-corrected chi connectivity index (χ4v) is 4.32. The molecule has 0 radical (unpaired) electrons. The lowest BCUT2D eigenvalue weighted by Gasteiger charge is -2.10. The zero-order chi connectivity index (χ0) is 20.0. The minimum Gasteiger partial charge on any atom is -0.314 e. The molecule has 28 heavy (non-hydrogen) atoms. The molecule has 0 saturated carbocycles. The van der Waals surface area contributed by atoms with Gasteiger partial charge >= 0.3 is 0 Å². The predicted octanol–water partition coefficient (Wildman–Crippen LogP) is 2.72. The van der Waals surface area contributed by atoms with Crippen molar-refractivity contribution in [2.45, 2.75) is 13.5 Å². The Balaban J connectivity index is 1.69. The van der Waals surface area contributed by atoms with Crippen LogP contribution in [0.3, 0.4) is 0 Å². The number of rotatable bonds is 3. The minimum absolute atomic E-state index is 0.154. The number of nitrogens with zero attached hydrogens (tertiary/aromatic N) is 3. The Kier molecular flexibility index (Phi) is 4.38. The average Bonchev–Trinajstić information content (AvgIpc) is 3.12. The number of fused-ring (bicyclic) bond motifs is 2. The second kappa shape index (κ2) is 6.75. The molecule has 3 amide bonds. The first-order valence-electron chi connectivity index (χ1n) is 8.42. The lowest BCUT2D eigenvalue weighted by atomic mass is 10.1. The topological polar surface area (TPSA) is 71.7 Å². The van der Waals surface area contributed by atoms with Crippen LogP contribution in [0, 0.1) is 11.6 Å². The molecule has 3 aromatic rings. The monoisotopic (exact) mass is 401 g/mol. The predicted molar refractivity (Wildman–Crippen MR) is 97.8 cm³/mol. The van der Waals surface area contributed by atoms with Gasteiger partial charge in [-0.25, -0.2) is 8.78 Å². The van der Waals surface area contributed by atoms with Crippen LogP contribution in [0.4, 0.5) is 8.78 Å². The highest BCUT2D eigenvalue weighted by Crippen LogP contribution is 2.23. The van der Waals surface area contributed by atoms with Crippen molar-refractivity contribution in [3.8, 4) is 0 Å². The van der Waals surface area contributed by atoms with Crippen LogP contribution in [0.25, 0.3) is 10.2 Å². The Morgan fingerprint density at radius 1 is 1.11 bits per heavy atom. The largest absolute Gasteiger partial charge is 0.314 e. The van der Waals surface area contributed by atoms with Crippen molar-refractivity contribution in [2.24, 2.45) is 4.99 Å². The van der Waals surface area contributed by atoms with Crippen LogP contribution in [0.5, 0.6) is 0 Å².